The Labute approximate surface area is 151 Å². The van der Waals surface area contributed by atoms with E-state index in [1.165, 1.54) is 5.56 Å². The number of anilines is 1. The maximum Gasteiger partial charge on any atom is 0.227 e. The Bertz CT molecular complexity index is 891. The number of carbonyl (C=O) groups is 1. The van der Waals surface area contributed by atoms with Crippen molar-refractivity contribution in [1.29, 1.82) is 0 Å². The fourth-order valence-corrected chi connectivity index (χ4v) is 4.19. The third-order valence-electron chi connectivity index (χ3n) is 4.53. The number of thiazole rings is 1. The third kappa shape index (κ3) is 3.20. The van der Waals surface area contributed by atoms with Crippen molar-refractivity contribution in [2.75, 3.05) is 4.90 Å². The average Bonchev–Trinajstić information content (AvgIpc) is 3.24. The van der Waals surface area contributed by atoms with Gasteiger partial charge in [0.2, 0.25) is 5.91 Å². The van der Waals surface area contributed by atoms with Gasteiger partial charge < -0.3 is 4.90 Å². The van der Waals surface area contributed by atoms with E-state index in [9.17, 15) is 4.79 Å². The van der Waals surface area contributed by atoms with E-state index in [4.69, 9.17) is 0 Å². The number of amides is 1. The fraction of sp³-hybridized carbons (Fsp3) is 0.250. The van der Waals surface area contributed by atoms with Crippen LogP contribution in [0.4, 0.5) is 5.69 Å². The number of rotatable bonds is 4. The molecule has 4 rings (SSSR count). The van der Waals surface area contributed by atoms with E-state index in [2.05, 4.69) is 23.0 Å². The summed E-state index contributed by atoms with van der Waals surface area (Å²) in [4.78, 5) is 23.5. The molecule has 5 heteroatoms. The topological polar surface area (TPSA) is 46.1 Å². The molecule has 1 aliphatic heterocycles. The maximum atomic E-state index is 12.8. The van der Waals surface area contributed by atoms with Crippen molar-refractivity contribution in [1.82, 2.24) is 9.97 Å². The predicted molar refractivity (Wildman–Crippen MR) is 101 cm³/mol. The normalized spacial score (nSPS) is 16.0. The summed E-state index contributed by atoms with van der Waals surface area (Å²) < 4.78 is 0. The van der Waals surface area contributed by atoms with Gasteiger partial charge in [0.05, 0.1) is 5.69 Å². The van der Waals surface area contributed by atoms with Gasteiger partial charge in [0.25, 0.3) is 0 Å². The Morgan fingerprint density at radius 2 is 2.16 bits per heavy atom. The summed E-state index contributed by atoms with van der Waals surface area (Å²) >= 11 is 1.60. The molecule has 0 N–H and O–H groups in total. The molecule has 1 aliphatic rings. The fourth-order valence-electron chi connectivity index (χ4n) is 3.34. The molecule has 1 aromatic carbocycles. The van der Waals surface area contributed by atoms with Crippen molar-refractivity contribution >= 4 is 22.9 Å². The van der Waals surface area contributed by atoms with Crippen molar-refractivity contribution < 1.29 is 4.79 Å². The summed E-state index contributed by atoms with van der Waals surface area (Å²) in [6.07, 6.45) is 5.65. The summed E-state index contributed by atoms with van der Waals surface area (Å²) in [5.74, 6) is 0.174. The Kier molecular flexibility index (Phi) is 4.32. The Hall–Kier alpha value is -2.53. The lowest BCUT2D eigenvalue weighted by Crippen LogP contribution is -2.35. The summed E-state index contributed by atoms with van der Waals surface area (Å²) in [6, 6.07) is 12.3. The number of benzene rings is 1. The number of hydrogen-bond donors (Lipinski definition) is 0. The van der Waals surface area contributed by atoms with Gasteiger partial charge in [-0.2, -0.15) is 0 Å². The first kappa shape index (κ1) is 16.0. The van der Waals surface area contributed by atoms with Crippen molar-refractivity contribution in [2.45, 2.75) is 32.2 Å². The molecule has 0 saturated carbocycles. The van der Waals surface area contributed by atoms with Crippen molar-refractivity contribution in [3.8, 4) is 10.6 Å². The molecule has 0 fully saturated rings. The average molecular weight is 349 g/mol. The zero-order chi connectivity index (χ0) is 17.2. The molecule has 0 spiro atoms. The second kappa shape index (κ2) is 6.76. The first-order valence-electron chi connectivity index (χ1n) is 8.47. The molecule has 3 aromatic rings. The van der Waals surface area contributed by atoms with Crippen LogP contribution in [0.3, 0.4) is 0 Å². The van der Waals surface area contributed by atoms with Crippen LogP contribution in [0.15, 0.2) is 54.2 Å². The van der Waals surface area contributed by atoms with Crippen LogP contribution in [0, 0.1) is 0 Å². The van der Waals surface area contributed by atoms with Gasteiger partial charge in [0.1, 0.15) is 5.01 Å². The van der Waals surface area contributed by atoms with E-state index in [1.807, 2.05) is 46.8 Å². The quantitative estimate of drug-likeness (QED) is 0.712. The van der Waals surface area contributed by atoms with E-state index in [-0.39, 0.29) is 11.9 Å². The molecule has 4 nitrogen and oxygen atoms in total. The number of para-hydroxylation sites is 1. The molecule has 0 radical (unpaired) electrons. The third-order valence-corrected chi connectivity index (χ3v) is 5.47. The van der Waals surface area contributed by atoms with Gasteiger partial charge in [-0.25, -0.2) is 4.98 Å². The number of pyridine rings is 1. The van der Waals surface area contributed by atoms with Gasteiger partial charge in [-0.1, -0.05) is 18.2 Å². The first-order valence-corrected chi connectivity index (χ1v) is 9.35. The number of carbonyl (C=O) groups excluding carboxylic acids is 1. The van der Waals surface area contributed by atoms with E-state index in [0.29, 0.717) is 12.8 Å². The standard InChI is InChI=1S/C20H19N3OS/c1-14-11-15-5-2-3-7-18(15)23(14)19(24)9-8-17-13-25-20(22-17)16-6-4-10-21-12-16/h2-7,10,12-14H,8-9,11H2,1H3. The number of hydrogen-bond acceptors (Lipinski definition) is 4. The first-order chi connectivity index (χ1) is 12.2. The van der Waals surface area contributed by atoms with Crippen LogP contribution in [0.25, 0.3) is 10.6 Å². The lowest BCUT2D eigenvalue weighted by atomic mass is 10.1. The Morgan fingerprint density at radius 1 is 1.28 bits per heavy atom. The Balaban J connectivity index is 1.44. The highest BCUT2D eigenvalue weighted by atomic mass is 32.1. The van der Waals surface area contributed by atoms with Gasteiger partial charge in [0.15, 0.2) is 0 Å². The van der Waals surface area contributed by atoms with Crippen LogP contribution >= 0.6 is 11.3 Å². The van der Waals surface area contributed by atoms with Crippen LogP contribution < -0.4 is 4.90 Å². The SMILES string of the molecule is CC1Cc2ccccc2N1C(=O)CCc1csc(-c2cccnc2)n1. The summed E-state index contributed by atoms with van der Waals surface area (Å²) in [5.41, 5.74) is 4.31. The molecule has 0 aliphatic carbocycles. The van der Waals surface area contributed by atoms with Crippen LogP contribution in [-0.4, -0.2) is 21.9 Å². The van der Waals surface area contributed by atoms with E-state index < -0.39 is 0 Å². The lowest BCUT2D eigenvalue weighted by Gasteiger charge is -2.22. The highest BCUT2D eigenvalue weighted by Gasteiger charge is 2.30. The van der Waals surface area contributed by atoms with Crippen molar-refractivity contribution in [3.05, 3.63) is 65.4 Å². The number of aromatic nitrogens is 2. The Morgan fingerprint density at radius 3 is 3.00 bits per heavy atom. The van der Waals surface area contributed by atoms with Crippen LogP contribution in [0.5, 0.6) is 0 Å². The van der Waals surface area contributed by atoms with Crippen molar-refractivity contribution in [2.24, 2.45) is 0 Å². The zero-order valence-corrected chi connectivity index (χ0v) is 14.9. The van der Waals surface area contributed by atoms with Gasteiger partial charge >= 0.3 is 0 Å². The van der Waals surface area contributed by atoms with Gasteiger partial charge in [0, 0.05) is 41.5 Å². The minimum absolute atomic E-state index is 0.174. The zero-order valence-electron chi connectivity index (χ0n) is 14.1. The smallest absolute Gasteiger partial charge is 0.227 e. The molecule has 0 saturated heterocycles. The summed E-state index contributed by atoms with van der Waals surface area (Å²) in [5, 5.41) is 2.99. The van der Waals surface area contributed by atoms with Crippen LogP contribution in [-0.2, 0) is 17.6 Å². The van der Waals surface area contributed by atoms with Gasteiger partial charge in [-0.3, -0.25) is 9.78 Å². The highest BCUT2D eigenvalue weighted by molar-refractivity contribution is 7.13. The number of fused-ring (bicyclic) bond motifs is 1. The summed E-state index contributed by atoms with van der Waals surface area (Å²) in [6.45, 7) is 2.11. The molecule has 126 valence electrons. The lowest BCUT2D eigenvalue weighted by molar-refractivity contribution is -0.118. The summed E-state index contributed by atoms with van der Waals surface area (Å²) in [7, 11) is 0. The largest absolute Gasteiger partial charge is 0.309 e. The monoisotopic (exact) mass is 349 g/mol. The van der Waals surface area contributed by atoms with Crippen LogP contribution in [0.2, 0.25) is 0 Å². The molecule has 1 amide bonds. The molecule has 0 bridgehead atoms. The van der Waals surface area contributed by atoms with Crippen molar-refractivity contribution in [3.63, 3.8) is 0 Å². The minimum Gasteiger partial charge on any atom is -0.309 e. The van der Waals surface area contributed by atoms with E-state index in [0.717, 1.165) is 28.4 Å². The highest BCUT2D eigenvalue weighted by Crippen LogP contribution is 2.32. The molecular weight excluding hydrogens is 330 g/mol. The predicted octanol–water partition coefficient (Wildman–Crippen LogP) is 4.12. The minimum atomic E-state index is 0.174. The second-order valence-electron chi connectivity index (χ2n) is 6.33. The van der Waals surface area contributed by atoms with E-state index in [1.54, 1.807) is 17.5 Å². The molecule has 25 heavy (non-hydrogen) atoms. The molecule has 3 heterocycles. The molecular formula is C20H19N3OS. The molecule has 1 unspecified atom stereocenters. The van der Waals surface area contributed by atoms with E-state index >= 15 is 0 Å². The molecule has 1 atom stereocenters. The number of nitrogens with zero attached hydrogens (tertiary/aromatic N) is 3. The van der Waals surface area contributed by atoms with Gasteiger partial charge in [-0.05, 0) is 43.5 Å². The maximum absolute atomic E-state index is 12.8. The number of aryl methyl sites for hydroxylation is 1. The second-order valence-corrected chi connectivity index (χ2v) is 7.19. The molecule has 2 aromatic heterocycles. The van der Waals surface area contributed by atoms with Crippen LogP contribution in [0.1, 0.15) is 24.6 Å². The van der Waals surface area contributed by atoms with Gasteiger partial charge in [-0.15, -0.1) is 11.3 Å².